The van der Waals surface area contributed by atoms with Crippen molar-refractivity contribution in [3.05, 3.63) is 24.3 Å². The minimum Gasteiger partial charge on any atom is -0.0876 e. The molecule has 0 aliphatic carbocycles. The third-order valence-electron chi connectivity index (χ3n) is 0.538. The van der Waals surface area contributed by atoms with Gasteiger partial charge in [-0.1, -0.05) is 24.1 Å². The van der Waals surface area contributed by atoms with Crippen LogP contribution in [0.4, 0.5) is 0 Å². The Kier molecular flexibility index (Phi) is 6.13. The second-order valence-electron chi connectivity index (χ2n) is 1.12. The van der Waals surface area contributed by atoms with Crippen LogP contribution in [-0.4, -0.2) is 0 Å². The van der Waals surface area contributed by atoms with Gasteiger partial charge < -0.3 is 0 Å². The first kappa shape index (κ1) is 7.52. The zero-order valence-electron chi connectivity index (χ0n) is 4.69. The maximum Gasteiger partial charge on any atom is 0.0110 e. The van der Waals surface area contributed by atoms with Gasteiger partial charge in [-0.3, -0.25) is 0 Å². The highest BCUT2D eigenvalue weighted by Crippen LogP contribution is 1.75. The van der Waals surface area contributed by atoms with Crippen LogP contribution in [0.5, 0.6) is 0 Å². The fourth-order valence-corrected chi connectivity index (χ4v) is 0.378. The first-order valence-electron chi connectivity index (χ1n) is 2.31. The van der Waals surface area contributed by atoms with Crippen molar-refractivity contribution in [2.24, 2.45) is 0 Å². The molecular weight excluding hydrogens is 164 g/mol. The molecular formula is C7H7Br. The lowest BCUT2D eigenvalue weighted by Crippen LogP contribution is -1.45. The standard InChI is InChI=1S/C7H7Br/c1-2-3-4-5-6-7-8/h2-5H,1H3/b3-2+,5-4+. The molecule has 0 spiro atoms. The number of allylic oxidation sites excluding steroid dienone is 4. The molecule has 0 radical (unpaired) electrons. The Labute approximate surface area is 58.4 Å². The molecule has 8 heavy (non-hydrogen) atoms. The molecule has 0 heterocycles. The monoisotopic (exact) mass is 170 g/mol. The van der Waals surface area contributed by atoms with Crippen LogP contribution in [0.3, 0.4) is 0 Å². The van der Waals surface area contributed by atoms with Gasteiger partial charge in [0.25, 0.3) is 0 Å². The van der Waals surface area contributed by atoms with Crippen molar-refractivity contribution in [3.63, 3.8) is 0 Å². The van der Waals surface area contributed by atoms with E-state index in [-0.39, 0.29) is 0 Å². The fraction of sp³-hybridized carbons (Fsp3) is 0.143. The smallest absolute Gasteiger partial charge is 0.0110 e. The lowest BCUT2D eigenvalue weighted by molar-refractivity contribution is 1.74. The first-order valence-corrected chi connectivity index (χ1v) is 3.10. The molecule has 0 amide bonds. The van der Waals surface area contributed by atoms with Gasteiger partial charge in [0.2, 0.25) is 0 Å². The summed E-state index contributed by atoms with van der Waals surface area (Å²) in [6.07, 6.45) is 7.53. The molecule has 0 rings (SSSR count). The van der Waals surface area contributed by atoms with E-state index in [1.165, 1.54) is 0 Å². The van der Waals surface area contributed by atoms with Gasteiger partial charge in [0, 0.05) is 15.9 Å². The maximum absolute atomic E-state index is 2.97. The first-order chi connectivity index (χ1) is 3.91. The predicted molar refractivity (Wildman–Crippen MR) is 40.7 cm³/mol. The Morgan fingerprint density at radius 1 is 1.38 bits per heavy atom. The molecule has 0 nitrogen and oxygen atoms in total. The van der Waals surface area contributed by atoms with Crippen LogP contribution >= 0.6 is 15.9 Å². The molecule has 0 N–H and O–H groups in total. The van der Waals surface area contributed by atoms with Crippen molar-refractivity contribution < 1.29 is 0 Å². The van der Waals surface area contributed by atoms with E-state index in [1.54, 1.807) is 6.08 Å². The molecule has 0 fully saturated rings. The molecule has 0 aromatic carbocycles. The van der Waals surface area contributed by atoms with Gasteiger partial charge in [-0.25, -0.2) is 0 Å². The van der Waals surface area contributed by atoms with Crippen LogP contribution in [0, 0.1) is 10.8 Å². The van der Waals surface area contributed by atoms with Crippen molar-refractivity contribution in [2.75, 3.05) is 0 Å². The molecule has 0 aliphatic heterocycles. The summed E-state index contributed by atoms with van der Waals surface area (Å²) in [6, 6.07) is 0. The summed E-state index contributed by atoms with van der Waals surface area (Å²) in [5, 5.41) is 0. The molecule has 0 aliphatic rings. The predicted octanol–water partition coefficient (Wildman–Crippen LogP) is 2.47. The van der Waals surface area contributed by atoms with E-state index in [1.807, 2.05) is 25.2 Å². The van der Waals surface area contributed by atoms with Gasteiger partial charge in [0.15, 0.2) is 0 Å². The van der Waals surface area contributed by atoms with Crippen molar-refractivity contribution in [3.8, 4) is 10.8 Å². The zero-order valence-corrected chi connectivity index (χ0v) is 6.27. The number of hydrogen-bond donors (Lipinski definition) is 0. The lowest BCUT2D eigenvalue weighted by atomic mass is 10.4. The quantitative estimate of drug-likeness (QED) is 0.420. The summed E-state index contributed by atoms with van der Waals surface area (Å²) in [6.45, 7) is 1.96. The largest absolute Gasteiger partial charge is 0.0876 e. The maximum atomic E-state index is 2.97. The van der Waals surface area contributed by atoms with E-state index >= 15 is 0 Å². The summed E-state index contributed by atoms with van der Waals surface area (Å²) in [5.74, 6) is 2.72. The normalized spacial score (nSPS) is 9.75. The van der Waals surface area contributed by atoms with Crippen LogP contribution in [0.1, 0.15) is 6.92 Å². The Morgan fingerprint density at radius 3 is 2.62 bits per heavy atom. The van der Waals surface area contributed by atoms with E-state index in [2.05, 4.69) is 26.7 Å². The average molecular weight is 171 g/mol. The highest BCUT2D eigenvalue weighted by Gasteiger charge is 1.54. The number of rotatable bonds is 1. The second-order valence-corrected chi connectivity index (χ2v) is 1.52. The highest BCUT2D eigenvalue weighted by atomic mass is 79.9. The average Bonchev–Trinajstić information content (AvgIpc) is 1.81. The van der Waals surface area contributed by atoms with Gasteiger partial charge in [0.1, 0.15) is 0 Å². The number of halogens is 1. The van der Waals surface area contributed by atoms with Gasteiger partial charge in [-0.2, -0.15) is 0 Å². The van der Waals surface area contributed by atoms with Crippen molar-refractivity contribution in [1.82, 2.24) is 0 Å². The topological polar surface area (TPSA) is 0 Å². The molecule has 0 saturated carbocycles. The zero-order chi connectivity index (χ0) is 6.24. The summed E-state index contributed by atoms with van der Waals surface area (Å²) in [4.78, 5) is 2.57. The molecule has 0 aromatic rings. The second kappa shape index (κ2) is 6.52. The molecule has 42 valence electrons. The molecule has 0 atom stereocenters. The SMILES string of the molecule is C/C=C/C=C/C#CBr. The molecule has 0 bridgehead atoms. The van der Waals surface area contributed by atoms with Crippen LogP contribution in [0.15, 0.2) is 24.3 Å². The Balaban J connectivity index is 3.45. The van der Waals surface area contributed by atoms with Crippen LogP contribution in [0.25, 0.3) is 0 Å². The minimum atomic E-state index is 1.77. The summed E-state index contributed by atoms with van der Waals surface area (Å²) >= 11 is 2.97. The van der Waals surface area contributed by atoms with Gasteiger partial charge in [-0.15, -0.1) is 0 Å². The summed E-state index contributed by atoms with van der Waals surface area (Å²) in [5.41, 5.74) is 0. The van der Waals surface area contributed by atoms with E-state index in [0.29, 0.717) is 0 Å². The summed E-state index contributed by atoms with van der Waals surface area (Å²) < 4.78 is 0. The molecule has 0 unspecified atom stereocenters. The van der Waals surface area contributed by atoms with Gasteiger partial charge in [-0.05, 0) is 17.8 Å². The Morgan fingerprint density at radius 2 is 2.12 bits per heavy atom. The molecule has 0 saturated heterocycles. The van der Waals surface area contributed by atoms with Crippen molar-refractivity contribution in [1.29, 1.82) is 0 Å². The molecule has 0 aromatic heterocycles. The van der Waals surface area contributed by atoms with Crippen molar-refractivity contribution >= 4 is 15.9 Å². The van der Waals surface area contributed by atoms with Crippen LogP contribution in [0.2, 0.25) is 0 Å². The third-order valence-corrected chi connectivity index (χ3v) is 0.767. The Bertz CT molecular complexity index is 144. The van der Waals surface area contributed by atoms with Gasteiger partial charge in [0.05, 0.1) is 0 Å². The van der Waals surface area contributed by atoms with E-state index < -0.39 is 0 Å². The Hall–Kier alpha value is -0.480. The van der Waals surface area contributed by atoms with Crippen molar-refractivity contribution in [2.45, 2.75) is 6.92 Å². The lowest BCUT2D eigenvalue weighted by Gasteiger charge is -1.64. The van der Waals surface area contributed by atoms with E-state index in [9.17, 15) is 0 Å². The summed E-state index contributed by atoms with van der Waals surface area (Å²) in [7, 11) is 0. The van der Waals surface area contributed by atoms with E-state index in [0.717, 1.165) is 0 Å². The number of hydrogen-bond acceptors (Lipinski definition) is 0. The van der Waals surface area contributed by atoms with Crippen LogP contribution in [-0.2, 0) is 0 Å². The van der Waals surface area contributed by atoms with Crippen LogP contribution < -0.4 is 0 Å². The fourth-order valence-electron chi connectivity index (χ4n) is 0.246. The van der Waals surface area contributed by atoms with Gasteiger partial charge >= 0.3 is 0 Å². The molecule has 1 heteroatoms. The third kappa shape index (κ3) is 5.52. The van der Waals surface area contributed by atoms with E-state index in [4.69, 9.17) is 0 Å². The minimum absolute atomic E-state index is 1.77. The highest BCUT2D eigenvalue weighted by molar-refractivity contribution is 9.12.